The lowest BCUT2D eigenvalue weighted by Crippen LogP contribution is -2.48. The van der Waals surface area contributed by atoms with Crippen molar-refractivity contribution in [2.75, 3.05) is 39.4 Å². The molecule has 1 aromatic carbocycles. The van der Waals surface area contributed by atoms with E-state index in [4.69, 9.17) is 32.3 Å². The van der Waals surface area contributed by atoms with Crippen LogP contribution in [0.4, 0.5) is 0 Å². The number of nitrogens with one attached hydrogen (secondary N) is 2. The summed E-state index contributed by atoms with van der Waals surface area (Å²) in [4.78, 5) is 31.6. The third kappa shape index (κ3) is 6.08. The maximum Gasteiger partial charge on any atom is 0.254 e. The minimum atomic E-state index is -0.266. The highest BCUT2D eigenvalue weighted by molar-refractivity contribution is 6.31. The second-order valence-corrected chi connectivity index (χ2v) is 6.11. The first kappa shape index (κ1) is 19.8. The molecule has 2 amide bonds. The number of halogens is 1. The predicted molar refractivity (Wildman–Crippen MR) is 96.1 cm³/mol. The van der Waals surface area contributed by atoms with Crippen LogP contribution in [0.3, 0.4) is 0 Å². The van der Waals surface area contributed by atoms with E-state index in [9.17, 15) is 9.59 Å². The number of hydrogen-bond acceptors (Lipinski definition) is 5. The molecule has 26 heavy (non-hydrogen) atoms. The standard InChI is InChI=1S/C16H22ClN5O4/c17-13-8-12(15(24)22-4-2-21(11-23)3-5-22)9-14(10-13)25-6-1-7-26-20-16(18)19/h8-11H,1-7H2,(H4,18,19,20). The maximum absolute atomic E-state index is 12.6. The lowest BCUT2D eigenvalue weighted by atomic mass is 10.1. The quantitative estimate of drug-likeness (QED) is 0.197. The summed E-state index contributed by atoms with van der Waals surface area (Å²) < 4.78 is 5.60. The summed E-state index contributed by atoms with van der Waals surface area (Å²) in [5.41, 5.74) is 7.76. The summed E-state index contributed by atoms with van der Waals surface area (Å²) in [7, 11) is 0. The Morgan fingerprint density at radius 3 is 2.65 bits per heavy atom. The molecular formula is C16H22ClN5O4. The number of nitrogens with two attached hydrogens (primary N) is 1. The summed E-state index contributed by atoms with van der Waals surface area (Å²) in [6, 6.07) is 4.88. The Bertz CT molecular complexity index is 650. The molecule has 0 aliphatic carbocycles. The molecule has 0 aromatic heterocycles. The summed E-state index contributed by atoms with van der Waals surface area (Å²) in [6.07, 6.45) is 1.35. The van der Waals surface area contributed by atoms with E-state index < -0.39 is 0 Å². The topological polar surface area (TPSA) is 121 Å². The number of carbonyl (C=O) groups is 2. The van der Waals surface area contributed by atoms with Gasteiger partial charge in [0.05, 0.1) is 13.2 Å². The van der Waals surface area contributed by atoms with Gasteiger partial charge in [-0.3, -0.25) is 19.8 Å². The summed E-state index contributed by atoms with van der Waals surface area (Å²) >= 11 is 6.10. The molecule has 0 saturated carbocycles. The molecule has 0 bridgehead atoms. The molecule has 10 heteroatoms. The molecular weight excluding hydrogens is 362 g/mol. The first-order valence-corrected chi connectivity index (χ1v) is 8.51. The smallest absolute Gasteiger partial charge is 0.254 e. The normalized spacial score (nSPS) is 14.0. The average Bonchev–Trinajstić information content (AvgIpc) is 2.63. The fourth-order valence-electron chi connectivity index (χ4n) is 2.43. The van der Waals surface area contributed by atoms with Crippen molar-refractivity contribution in [3.63, 3.8) is 0 Å². The Labute approximate surface area is 156 Å². The number of piperazine rings is 1. The third-order valence-corrected chi connectivity index (χ3v) is 3.93. The van der Waals surface area contributed by atoms with Gasteiger partial charge in [-0.25, -0.2) is 5.48 Å². The van der Waals surface area contributed by atoms with E-state index in [2.05, 4.69) is 5.48 Å². The highest BCUT2D eigenvalue weighted by Gasteiger charge is 2.22. The van der Waals surface area contributed by atoms with E-state index in [1.54, 1.807) is 28.0 Å². The fraction of sp³-hybridized carbons (Fsp3) is 0.438. The lowest BCUT2D eigenvalue weighted by molar-refractivity contribution is -0.119. The zero-order chi connectivity index (χ0) is 18.9. The van der Waals surface area contributed by atoms with Crippen LogP contribution >= 0.6 is 11.6 Å². The van der Waals surface area contributed by atoms with Gasteiger partial charge in [0.15, 0.2) is 0 Å². The molecule has 0 unspecified atom stereocenters. The van der Waals surface area contributed by atoms with Crippen molar-refractivity contribution in [1.82, 2.24) is 15.3 Å². The van der Waals surface area contributed by atoms with E-state index in [0.29, 0.717) is 62.1 Å². The summed E-state index contributed by atoms with van der Waals surface area (Å²) in [5, 5.41) is 7.35. The van der Waals surface area contributed by atoms with Crippen LogP contribution in [0.1, 0.15) is 16.8 Å². The molecule has 0 radical (unpaired) electrons. The molecule has 1 saturated heterocycles. The number of rotatable bonds is 8. The molecule has 1 heterocycles. The van der Waals surface area contributed by atoms with Crippen molar-refractivity contribution in [2.24, 2.45) is 5.73 Å². The van der Waals surface area contributed by atoms with Crippen molar-refractivity contribution in [3.8, 4) is 5.75 Å². The van der Waals surface area contributed by atoms with Gasteiger partial charge in [0.2, 0.25) is 12.4 Å². The predicted octanol–water partition coefficient (Wildman–Crippen LogP) is 0.438. The number of carbonyl (C=O) groups excluding carboxylic acids is 2. The van der Waals surface area contributed by atoms with E-state index >= 15 is 0 Å². The number of ether oxygens (including phenoxy) is 1. The van der Waals surface area contributed by atoms with Crippen LogP contribution in [-0.4, -0.2) is 67.5 Å². The average molecular weight is 384 g/mol. The van der Waals surface area contributed by atoms with Crippen LogP contribution in [0, 0.1) is 5.41 Å². The number of nitrogens with zero attached hydrogens (tertiary/aromatic N) is 2. The van der Waals surface area contributed by atoms with Crippen LogP contribution in [0.25, 0.3) is 0 Å². The molecule has 0 spiro atoms. The molecule has 1 aromatic rings. The summed E-state index contributed by atoms with van der Waals surface area (Å²) in [5.74, 6) is 0.0849. The van der Waals surface area contributed by atoms with Crippen LogP contribution < -0.4 is 16.0 Å². The van der Waals surface area contributed by atoms with Crippen molar-refractivity contribution in [2.45, 2.75) is 6.42 Å². The number of guanidine groups is 1. The van der Waals surface area contributed by atoms with Gasteiger partial charge in [0.1, 0.15) is 5.75 Å². The largest absolute Gasteiger partial charge is 0.493 e. The fourth-order valence-corrected chi connectivity index (χ4v) is 2.66. The second kappa shape index (κ2) is 9.83. The monoisotopic (exact) mass is 383 g/mol. The van der Waals surface area contributed by atoms with Crippen molar-refractivity contribution < 1.29 is 19.2 Å². The van der Waals surface area contributed by atoms with Gasteiger partial charge in [-0.15, -0.1) is 0 Å². The lowest BCUT2D eigenvalue weighted by Gasteiger charge is -2.32. The molecule has 2 rings (SSSR count). The van der Waals surface area contributed by atoms with E-state index in [-0.39, 0.29) is 11.9 Å². The molecule has 0 atom stereocenters. The van der Waals surface area contributed by atoms with Gasteiger partial charge in [-0.05, 0) is 18.2 Å². The molecule has 142 valence electrons. The zero-order valence-electron chi connectivity index (χ0n) is 14.2. The number of amides is 2. The molecule has 9 nitrogen and oxygen atoms in total. The second-order valence-electron chi connectivity index (χ2n) is 5.68. The molecule has 1 fully saturated rings. The first-order valence-electron chi connectivity index (χ1n) is 8.13. The van der Waals surface area contributed by atoms with E-state index in [1.165, 1.54) is 0 Å². The first-order chi connectivity index (χ1) is 12.5. The number of hydroxylamine groups is 1. The summed E-state index contributed by atoms with van der Waals surface area (Å²) in [6.45, 7) is 2.68. The number of benzene rings is 1. The zero-order valence-corrected chi connectivity index (χ0v) is 15.0. The molecule has 1 aliphatic rings. The van der Waals surface area contributed by atoms with Crippen LogP contribution in [0.15, 0.2) is 18.2 Å². The third-order valence-electron chi connectivity index (χ3n) is 3.71. The number of hydrogen-bond donors (Lipinski definition) is 3. The van der Waals surface area contributed by atoms with Crippen LogP contribution in [-0.2, 0) is 9.63 Å². The Kier molecular flexibility index (Phi) is 7.49. The van der Waals surface area contributed by atoms with Crippen LogP contribution in [0.5, 0.6) is 5.75 Å². The Morgan fingerprint density at radius 2 is 2.00 bits per heavy atom. The van der Waals surface area contributed by atoms with E-state index in [1.807, 2.05) is 0 Å². The Hall–Kier alpha value is -2.52. The Morgan fingerprint density at radius 1 is 1.27 bits per heavy atom. The van der Waals surface area contributed by atoms with Gasteiger partial charge in [-0.1, -0.05) is 11.6 Å². The van der Waals surface area contributed by atoms with Crippen molar-refractivity contribution >= 4 is 29.9 Å². The van der Waals surface area contributed by atoms with Crippen molar-refractivity contribution in [1.29, 1.82) is 5.41 Å². The Balaban J connectivity index is 1.87. The maximum atomic E-state index is 12.6. The van der Waals surface area contributed by atoms with Gasteiger partial charge < -0.3 is 20.3 Å². The van der Waals surface area contributed by atoms with E-state index in [0.717, 1.165) is 6.41 Å². The van der Waals surface area contributed by atoms with Gasteiger partial charge in [0.25, 0.3) is 5.91 Å². The minimum absolute atomic E-state index is 0.142. The van der Waals surface area contributed by atoms with Gasteiger partial charge >= 0.3 is 0 Å². The van der Waals surface area contributed by atoms with Gasteiger partial charge in [0, 0.05) is 43.2 Å². The SMILES string of the molecule is N=C(N)NOCCCOc1cc(Cl)cc(C(=O)N2CCN(C=O)CC2)c1. The van der Waals surface area contributed by atoms with Crippen LogP contribution in [0.2, 0.25) is 5.02 Å². The molecule has 4 N–H and O–H groups in total. The highest BCUT2D eigenvalue weighted by atomic mass is 35.5. The highest BCUT2D eigenvalue weighted by Crippen LogP contribution is 2.22. The minimum Gasteiger partial charge on any atom is -0.493 e. The molecule has 1 aliphatic heterocycles. The van der Waals surface area contributed by atoms with Gasteiger partial charge in [-0.2, -0.15) is 0 Å². The van der Waals surface area contributed by atoms with Crippen molar-refractivity contribution in [3.05, 3.63) is 28.8 Å².